The number of hydrogen-bond acceptors (Lipinski definition) is 3. The summed E-state index contributed by atoms with van der Waals surface area (Å²) < 4.78 is 1.94. The van der Waals surface area contributed by atoms with Crippen molar-refractivity contribution in [3.63, 3.8) is 0 Å². The predicted octanol–water partition coefficient (Wildman–Crippen LogP) is -0.481. The van der Waals surface area contributed by atoms with Crippen molar-refractivity contribution < 1.29 is 4.79 Å². The highest BCUT2D eigenvalue weighted by Crippen LogP contribution is 2.00. The molecule has 0 saturated carbocycles. The number of rotatable bonds is 5. The van der Waals surface area contributed by atoms with Gasteiger partial charge in [-0.15, -0.1) is 0 Å². The maximum atomic E-state index is 11.0. The zero-order valence-corrected chi connectivity index (χ0v) is 8.53. The van der Waals surface area contributed by atoms with Crippen LogP contribution in [0.2, 0.25) is 0 Å². The second kappa shape index (κ2) is 4.76. The van der Waals surface area contributed by atoms with Gasteiger partial charge in [-0.3, -0.25) is 4.79 Å². The van der Waals surface area contributed by atoms with E-state index in [4.69, 9.17) is 5.73 Å². The maximum Gasteiger partial charge on any atom is 0.236 e. The molecule has 1 aromatic rings. The fourth-order valence-electron chi connectivity index (χ4n) is 1.34. The summed E-state index contributed by atoms with van der Waals surface area (Å²) in [7, 11) is 1.72. The van der Waals surface area contributed by atoms with E-state index in [1.54, 1.807) is 13.2 Å². The summed E-state index contributed by atoms with van der Waals surface area (Å²) in [4.78, 5) is 15.1. The average Bonchev–Trinajstić information content (AvgIpc) is 2.60. The molecule has 3 N–H and O–H groups in total. The highest BCUT2D eigenvalue weighted by atomic mass is 16.1. The molecule has 0 fully saturated rings. The average molecular weight is 196 g/mol. The van der Waals surface area contributed by atoms with Crippen molar-refractivity contribution in [2.75, 3.05) is 7.05 Å². The third-order valence-corrected chi connectivity index (χ3v) is 2.19. The van der Waals surface area contributed by atoms with Crippen LogP contribution >= 0.6 is 0 Å². The summed E-state index contributed by atoms with van der Waals surface area (Å²) in [5.74, 6) is 0.620. The molecule has 0 bridgehead atoms. The van der Waals surface area contributed by atoms with E-state index >= 15 is 0 Å². The van der Waals surface area contributed by atoms with Crippen LogP contribution in [0.1, 0.15) is 12.7 Å². The molecule has 0 spiro atoms. The minimum Gasteiger partial charge on any atom is -0.368 e. The van der Waals surface area contributed by atoms with E-state index < -0.39 is 0 Å². The summed E-state index contributed by atoms with van der Waals surface area (Å²) in [6, 6.07) is -0.338. The SMILES string of the molecule is CCc1nccn1CC(NC)C(N)=O. The van der Waals surface area contributed by atoms with Gasteiger partial charge in [0.25, 0.3) is 0 Å². The Balaban J connectivity index is 2.71. The number of imidazole rings is 1. The Morgan fingerprint density at radius 3 is 3.00 bits per heavy atom. The van der Waals surface area contributed by atoms with E-state index in [0.29, 0.717) is 6.54 Å². The number of nitrogens with two attached hydrogens (primary N) is 1. The third-order valence-electron chi connectivity index (χ3n) is 2.19. The Morgan fingerprint density at radius 1 is 1.79 bits per heavy atom. The number of carbonyl (C=O) groups excluding carboxylic acids is 1. The van der Waals surface area contributed by atoms with Gasteiger partial charge < -0.3 is 15.6 Å². The van der Waals surface area contributed by atoms with Gasteiger partial charge in [-0.2, -0.15) is 0 Å². The first kappa shape index (κ1) is 10.7. The quantitative estimate of drug-likeness (QED) is 0.668. The number of aryl methyl sites for hydroxylation is 1. The molecule has 1 amide bonds. The second-order valence-corrected chi connectivity index (χ2v) is 3.09. The first-order valence-electron chi connectivity index (χ1n) is 4.65. The van der Waals surface area contributed by atoms with Crippen LogP contribution in [0.15, 0.2) is 12.4 Å². The Morgan fingerprint density at radius 2 is 2.50 bits per heavy atom. The van der Waals surface area contributed by atoms with Crippen LogP contribution in [0.3, 0.4) is 0 Å². The molecule has 1 aromatic heterocycles. The highest BCUT2D eigenvalue weighted by Gasteiger charge is 2.14. The fourth-order valence-corrected chi connectivity index (χ4v) is 1.34. The normalized spacial score (nSPS) is 12.7. The minimum absolute atomic E-state index is 0.338. The number of aromatic nitrogens is 2. The van der Waals surface area contributed by atoms with Crippen LogP contribution in [-0.2, 0) is 17.8 Å². The fraction of sp³-hybridized carbons (Fsp3) is 0.556. The van der Waals surface area contributed by atoms with Crippen LogP contribution < -0.4 is 11.1 Å². The largest absolute Gasteiger partial charge is 0.368 e. The van der Waals surface area contributed by atoms with Crippen LogP contribution in [0.25, 0.3) is 0 Å². The molecule has 0 radical (unpaired) electrons. The lowest BCUT2D eigenvalue weighted by Gasteiger charge is -2.14. The zero-order chi connectivity index (χ0) is 10.6. The zero-order valence-electron chi connectivity index (χ0n) is 8.53. The summed E-state index contributed by atoms with van der Waals surface area (Å²) in [5.41, 5.74) is 5.22. The minimum atomic E-state index is -0.344. The lowest BCUT2D eigenvalue weighted by Crippen LogP contribution is -2.42. The summed E-state index contributed by atoms with van der Waals surface area (Å²) >= 11 is 0. The maximum absolute atomic E-state index is 11.0. The van der Waals surface area contributed by atoms with Gasteiger partial charge in [0.15, 0.2) is 0 Å². The van der Waals surface area contributed by atoms with Gasteiger partial charge in [0.05, 0.1) is 0 Å². The molecule has 0 aliphatic heterocycles. The van der Waals surface area contributed by atoms with Gasteiger partial charge in [-0.1, -0.05) is 6.92 Å². The third kappa shape index (κ3) is 2.32. The Labute approximate surface area is 83.3 Å². The molecule has 1 unspecified atom stereocenters. The Hall–Kier alpha value is -1.36. The van der Waals surface area contributed by atoms with Crippen molar-refractivity contribution >= 4 is 5.91 Å². The van der Waals surface area contributed by atoms with E-state index in [1.165, 1.54) is 0 Å². The van der Waals surface area contributed by atoms with E-state index in [9.17, 15) is 4.79 Å². The molecule has 0 saturated heterocycles. The van der Waals surface area contributed by atoms with Crippen molar-refractivity contribution in [1.29, 1.82) is 0 Å². The lowest BCUT2D eigenvalue weighted by atomic mass is 10.3. The molecule has 0 aliphatic carbocycles. The molecule has 0 aromatic carbocycles. The first-order valence-corrected chi connectivity index (χ1v) is 4.65. The predicted molar refractivity (Wildman–Crippen MR) is 53.6 cm³/mol. The first-order chi connectivity index (χ1) is 6.69. The number of primary amides is 1. The lowest BCUT2D eigenvalue weighted by molar-refractivity contribution is -0.120. The molecule has 0 aliphatic rings. The number of amides is 1. The second-order valence-electron chi connectivity index (χ2n) is 3.09. The topological polar surface area (TPSA) is 72.9 Å². The van der Waals surface area contributed by atoms with Crippen molar-refractivity contribution in [3.8, 4) is 0 Å². The van der Waals surface area contributed by atoms with Crippen molar-refractivity contribution in [1.82, 2.24) is 14.9 Å². The van der Waals surface area contributed by atoms with E-state index in [0.717, 1.165) is 12.2 Å². The van der Waals surface area contributed by atoms with Crippen molar-refractivity contribution in [3.05, 3.63) is 18.2 Å². The van der Waals surface area contributed by atoms with Gasteiger partial charge in [-0.05, 0) is 7.05 Å². The van der Waals surface area contributed by atoms with Gasteiger partial charge in [0, 0.05) is 25.4 Å². The molecule has 5 nitrogen and oxygen atoms in total. The number of carbonyl (C=O) groups is 1. The van der Waals surface area contributed by atoms with E-state index in [-0.39, 0.29) is 11.9 Å². The number of nitrogens with zero attached hydrogens (tertiary/aromatic N) is 2. The van der Waals surface area contributed by atoms with E-state index in [1.807, 2.05) is 17.7 Å². The monoisotopic (exact) mass is 196 g/mol. The van der Waals surface area contributed by atoms with E-state index in [2.05, 4.69) is 10.3 Å². The summed E-state index contributed by atoms with van der Waals surface area (Å²) in [5, 5.41) is 2.87. The Kier molecular flexibility index (Phi) is 3.64. The van der Waals surface area contributed by atoms with Crippen molar-refractivity contribution in [2.45, 2.75) is 25.9 Å². The molecule has 1 rings (SSSR count). The van der Waals surface area contributed by atoms with Crippen molar-refractivity contribution in [2.24, 2.45) is 5.73 Å². The van der Waals surface area contributed by atoms with Gasteiger partial charge in [-0.25, -0.2) is 4.98 Å². The molecule has 5 heteroatoms. The highest BCUT2D eigenvalue weighted by molar-refractivity contribution is 5.79. The molecule has 1 atom stereocenters. The summed E-state index contributed by atoms with van der Waals surface area (Å²) in [6.45, 7) is 2.56. The standard InChI is InChI=1S/C9H16N4O/c1-3-8-12-4-5-13(8)6-7(11-2)9(10)14/h4-5,7,11H,3,6H2,1-2H3,(H2,10,14). The smallest absolute Gasteiger partial charge is 0.236 e. The van der Waals surface area contributed by atoms with Crippen LogP contribution in [0.5, 0.6) is 0 Å². The molecular weight excluding hydrogens is 180 g/mol. The molecular formula is C9H16N4O. The number of nitrogens with one attached hydrogen (secondary N) is 1. The van der Waals surface area contributed by atoms with Gasteiger partial charge >= 0.3 is 0 Å². The van der Waals surface area contributed by atoms with Crippen LogP contribution in [0.4, 0.5) is 0 Å². The van der Waals surface area contributed by atoms with Gasteiger partial charge in [0.1, 0.15) is 11.9 Å². The Bertz CT molecular complexity index is 308. The summed E-state index contributed by atoms with van der Waals surface area (Å²) in [6.07, 6.45) is 4.43. The molecule has 78 valence electrons. The number of likely N-dealkylation sites (N-methyl/N-ethyl adjacent to an activating group) is 1. The number of hydrogen-bond donors (Lipinski definition) is 2. The van der Waals surface area contributed by atoms with Gasteiger partial charge in [0.2, 0.25) is 5.91 Å². The molecule has 1 heterocycles. The molecule has 14 heavy (non-hydrogen) atoms. The van der Waals surface area contributed by atoms with Crippen LogP contribution in [-0.4, -0.2) is 28.5 Å². The van der Waals surface area contributed by atoms with Crippen LogP contribution in [0, 0.1) is 0 Å².